The van der Waals surface area contributed by atoms with E-state index < -0.39 is 0 Å². The summed E-state index contributed by atoms with van der Waals surface area (Å²) in [4.78, 5) is 15.2. The predicted molar refractivity (Wildman–Crippen MR) is 121 cm³/mol. The molecule has 0 radical (unpaired) electrons. The van der Waals surface area contributed by atoms with Crippen molar-refractivity contribution >= 4 is 5.97 Å². The lowest BCUT2D eigenvalue weighted by Gasteiger charge is -2.57. The molecule has 2 fully saturated rings. The topological polar surface area (TPSA) is 42.7 Å². The Morgan fingerprint density at radius 1 is 1.30 bits per heavy atom. The summed E-state index contributed by atoms with van der Waals surface area (Å²) in [5, 5.41) is 0. The van der Waals surface area contributed by atoms with Crippen molar-refractivity contribution in [1.82, 2.24) is 4.90 Å². The summed E-state index contributed by atoms with van der Waals surface area (Å²) in [5.74, 6) is 1.88. The van der Waals surface area contributed by atoms with Crippen LogP contribution in [0.1, 0.15) is 77.5 Å². The molecule has 0 aliphatic heterocycles. The van der Waals surface area contributed by atoms with Crippen LogP contribution in [0.15, 0.2) is 28.9 Å². The van der Waals surface area contributed by atoms with Gasteiger partial charge in [-0.05, 0) is 87.4 Å². The normalized spacial score (nSPS) is 31.6. The minimum absolute atomic E-state index is 0.0268. The molecule has 168 valence electrons. The Morgan fingerprint density at radius 2 is 2.03 bits per heavy atom. The molecule has 1 aromatic rings. The van der Waals surface area contributed by atoms with E-state index in [1.165, 1.54) is 24.7 Å². The van der Waals surface area contributed by atoms with Gasteiger partial charge in [-0.3, -0.25) is 9.69 Å². The number of methoxy groups -OCH3 is 1. The fourth-order valence-corrected chi connectivity index (χ4v) is 6.64. The van der Waals surface area contributed by atoms with Gasteiger partial charge in [0.15, 0.2) is 0 Å². The van der Waals surface area contributed by atoms with Gasteiger partial charge in [0.05, 0.1) is 25.3 Å². The Balaban J connectivity index is 1.78. The second kappa shape index (κ2) is 9.30. The highest BCUT2D eigenvalue weighted by Gasteiger charge is 2.57. The summed E-state index contributed by atoms with van der Waals surface area (Å²) in [6, 6.07) is 2.14. The lowest BCUT2D eigenvalue weighted by molar-refractivity contribution is -0.168. The molecular formula is C26H41NO3. The number of carbonyl (C=O) groups excluding carboxylic acids is 1. The van der Waals surface area contributed by atoms with Gasteiger partial charge in [0.2, 0.25) is 0 Å². The first-order valence-electron chi connectivity index (χ1n) is 11.8. The van der Waals surface area contributed by atoms with Crippen molar-refractivity contribution in [3.63, 3.8) is 0 Å². The summed E-state index contributed by atoms with van der Waals surface area (Å²) >= 11 is 0. The SMILES string of the molecule is C=C1CC[C@@H]2[C@](C)(CCC[C@@]2(C)C(=O)OC)[C@H]1CCc1ccoc1CN(CC)CC. The van der Waals surface area contributed by atoms with Crippen molar-refractivity contribution in [2.75, 3.05) is 20.2 Å². The monoisotopic (exact) mass is 415 g/mol. The number of fused-ring (bicyclic) bond motifs is 1. The van der Waals surface area contributed by atoms with Crippen LogP contribution in [0.3, 0.4) is 0 Å². The Labute approximate surface area is 183 Å². The lowest BCUT2D eigenvalue weighted by Crippen LogP contribution is -2.53. The number of allylic oxidation sites excluding steroid dienone is 1. The van der Waals surface area contributed by atoms with Crippen molar-refractivity contribution in [3.05, 3.63) is 35.8 Å². The quantitative estimate of drug-likeness (QED) is 0.385. The van der Waals surface area contributed by atoms with Crippen molar-refractivity contribution in [2.24, 2.45) is 22.7 Å². The molecule has 0 unspecified atom stereocenters. The molecule has 0 spiro atoms. The van der Waals surface area contributed by atoms with E-state index in [-0.39, 0.29) is 16.8 Å². The fourth-order valence-electron chi connectivity index (χ4n) is 6.64. The van der Waals surface area contributed by atoms with Gasteiger partial charge in [-0.25, -0.2) is 0 Å². The minimum Gasteiger partial charge on any atom is -0.469 e. The van der Waals surface area contributed by atoms with E-state index in [9.17, 15) is 4.79 Å². The van der Waals surface area contributed by atoms with E-state index in [0.29, 0.717) is 11.8 Å². The summed E-state index contributed by atoms with van der Waals surface area (Å²) in [6.07, 6.45) is 9.19. The lowest BCUT2D eigenvalue weighted by atomic mass is 9.46. The van der Waals surface area contributed by atoms with Gasteiger partial charge < -0.3 is 9.15 Å². The zero-order valence-electron chi connectivity index (χ0n) is 19.8. The summed E-state index contributed by atoms with van der Waals surface area (Å²) in [5.41, 5.74) is 2.44. The van der Waals surface area contributed by atoms with Crippen LogP contribution < -0.4 is 0 Å². The van der Waals surface area contributed by atoms with E-state index in [1.807, 2.05) is 6.26 Å². The number of hydrogen-bond donors (Lipinski definition) is 0. The van der Waals surface area contributed by atoms with Gasteiger partial charge >= 0.3 is 5.97 Å². The maximum atomic E-state index is 12.8. The van der Waals surface area contributed by atoms with Crippen LogP contribution in [0, 0.1) is 22.7 Å². The number of ether oxygens (including phenoxy) is 1. The van der Waals surface area contributed by atoms with Gasteiger partial charge in [-0.1, -0.05) is 39.3 Å². The zero-order valence-corrected chi connectivity index (χ0v) is 19.8. The molecule has 4 heteroatoms. The molecule has 0 aromatic carbocycles. The van der Waals surface area contributed by atoms with Crippen LogP contribution in [0.4, 0.5) is 0 Å². The minimum atomic E-state index is -0.371. The van der Waals surface area contributed by atoms with E-state index in [2.05, 4.69) is 45.2 Å². The maximum absolute atomic E-state index is 12.8. The second-order valence-corrected chi connectivity index (χ2v) is 9.94. The Hall–Kier alpha value is -1.55. The summed E-state index contributed by atoms with van der Waals surface area (Å²) in [6.45, 7) is 16.4. The first kappa shape index (κ1) is 23.1. The average Bonchev–Trinajstić information content (AvgIpc) is 3.17. The van der Waals surface area contributed by atoms with E-state index in [4.69, 9.17) is 9.15 Å². The first-order valence-corrected chi connectivity index (χ1v) is 11.8. The van der Waals surface area contributed by atoms with Gasteiger partial charge in [0, 0.05) is 0 Å². The number of rotatable bonds is 8. The van der Waals surface area contributed by atoms with Crippen LogP contribution in [0.2, 0.25) is 0 Å². The molecule has 4 nitrogen and oxygen atoms in total. The molecule has 0 bridgehead atoms. The summed E-state index contributed by atoms with van der Waals surface area (Å²) in [7, 11) is 1.54. The van der Waals surface area contributed by atoms with E-state index in [1.54, 1.807) is 0 Å². The molecule has 1 heterocycles. The van der Waals surface area contributed by atoms with Crippen molar-refractivity contribution in [1.29, 1.82) is 0 Å². The Kier molecular flexibility index (Phi) is 7.16. The Morgan fingerprint density at radius 3 is 2.70 bits per heavy atom. The molecule has 2 saturated carbocycles. The Bertz CT molecular complexity index is 749. The number of furan rings is 1. The second-order valence-electron chi connectivity index (χ2n) is 9.94. The molecule has 4 atom stereocenters. The third-order valence-electron chi connectivity index (χ3n) is 8.47. The highest BCUT2D eigenvalue weighted by atomic mass is 16.5. The van der Waals surface area contributed by atoms with E-state index >= 15 is 0 Å². The number of aryl methyl sites for hydroxylation is 1. The molecular weight excluding hydrogens is 374 g/mol. The molecule has 1 aromatic heterocycles. The van der Waals surface area contributed by atoms with Crippen LogP contribution in [-0.4, -0.2) is 31.1 Å². The van der Waals surface area contributed by atoms with E-state index in [0.717, 1.165) is 63.9 Å². The average molecular weight is 416 g/mol. The molecule has 3 rings (SSSR count). The van der Waals surface area contributed by atoms with Gasteiger partial charge in [0.25, 0.3) is 0 Å². The molecule has 30 heavy (non-hydrogen) atoms. The van der Waals surface area contributed by atoms with Crippen molar-refractivity contribution < 1.29 is 13.9 Å². The van der Waals surface area contributed by atoms with Crippen molar-refractivity contribution in [3.8, 4) is 0 Å². The molecule has 2 aliphatic carbocycles. The van der Waals surface area contributed by atoms with Gasteiger partial charge in [-0.15, -0.1) is 0 Å². The fraction of sp³-hybridized carbons (Fsp3) is 0.731. The number of nitrogens with zero attached hydrogens (tertiary/aromatic N) is 1. The molecule has 0 amide bonds. The molecule has 0 saturated heterocycles. The first-order chi connectivity index (χ1) is 14.3. The van der Waals surface area contributed by atoms with Crippen LogP contribution in [-0.2, 0) is 22.5 Å². The third-order valence-corrected chi connectivity index (χ3v) is 8.47. The highest BCUT2D eigenvalue weighted by molar-refractivity contribution is 5.77. The predicted octanol–water partition coefficient (Wildman–Crippen LogP) is 6.01. The zero-order chi connectivity index (χ0) is 21.9. The third kappa shape index (κ3) is 4.12. The largest absolute Gasteiger partial charge is 0.469 e. The smallest absolute Gasteiger partial charge is 0.311 e. The maximum Gasteiger partial charge on any atom is 0.311 e. The molecule has 0 N–H and O–H groups in total. The summed E-state index contributed by atoms with van der Waals surface area (Å²) < 4.78 is 11.1. The van der Waals surface area contributed by atoms with Crippen LogP contribution in [0.5, 0.6) is 0 Å². The van der Waals surface area contributed by atoms with Gasteiger partial charge in [0.1, 0.15) is 5.76 Å². The highest BCUT2D eigenvalue weighted by Crippen LogP contribution is 2.62. The van der Waals surface area contributed by atoms with Crippen molar-refractivity contribution in [2.45, 2.75) is 79.2 Å². The van der Waals surface area contributed by atoms with Crippen LogP contribution >= 0.6 is 0 Å². The van der Waals surface area contributed by atoms with Gasteiger partial charge in [-0.2, -0.15) is 0 Å². The number of carbonyl (C=O) groups is 1. The van der Waals surface area contributed by atoms with Crippen LogP contribution in [0.25, 0.3) is 0 Å². The standard InChI is InChI=1S/C26H41NO3/c1-7-27(8-2)18-22-20(14-17-30-22)11-12-21-19(3)10-13-23-25(21,4)15-9-16-26(23,5)24(28)29-6/h14,17,21,23H,3,7-13,15-16,18H2,1-2,4-6H3/t21-,23+,25+,26+/m0/s1. The number of esters is 1. The number of hydrogen-bond acceptors (Lipinski definition) is 4. The molecule has 2 aliphatic rings.